The van der Waals surface area contributed by atoms with Crippen LogP contribution in [-0.4, -0.2) is 61.3 Å². The largest absolute Gasteiger partial charge is 0.477 e. The molecule has 1 saturated carbocycles. The average Bonchev–Trinajstić information content (AvgIpc) is 3.51. The van der Waals surface area contributed by atoms with Crippen molar-refractivity contribution < 1.29 is 26.9 Å². The van der Waals surface area contributed by atoms with Crippen molar-refractivity contribution in [3.8, 4) is 11.7 Å². The molecule has 44 heavy (non-hydrogen) atoms. The van der Waals surface area contributed by atoms with Gasteiger partial charge in [-0.2, -0.15) is 13.2 Å². The first-order valence-electron chi connectivity index (χ1n) is 14.5. The Labute approximate surface area is 255 Å². The molecule has 1 aliphatic carbocycles. The molecule has 3 aromatic heterocycles. The Balaban J connectivity index is 1.23. The highest BCUT2D eigenvalue weighted by Gasteiger charge is 2.62. The normalized spacial score (nSPS) is 19.5. The molecule has 2 fully saturated rings. The van der Waals surface area contributed by atoms with Crippen LogP contribution in [0.1, 0.15) is 62.7 Å². The second-order valence-corrected chi connectivity index (χ2v) is 13.2. The Morgan fingerprint density at radius 1 is 1.20 bits per heavy atom. The minimum Gasteiger partial charge on any atom is -0.477 e. The number of thiol groups is 1. The van der Waals surface area contributed by atoms with Crippen LogP contribution in [0, 0.1) is 16.1 Å². The molecule has 238 valence electrons. The van der Waals surface area contributed by atoms with Gasteiger partial charge in [-0.05, 0) is 82.6 Å². The van der Waals surface area contributed by atoms with Crippen LogP contribution in [0.5, 0.6) is 5.88 Å². The number of ether oxygens (including phenoxy) is 1. The second kappa shape index (κ2) is 12.3. The number of anilines is 2. The summed E-state index contributed by atoms with van der Waals surface area (Å²) in [4.78, 5) is 23.5. The minimum atomic E-state index is -4.23. The smallest absolute Gasteiger partial charge is 0.394 e. The van der Waals surface area contributed by atoms with E-state index in [1.807, 2.05) is 0 Å². The maximum atomic E-state index is 13.2. The van der Waals surface area contributed by atoms with Gasteiger partial charge in [0.2, 0.25) is 5.88 Å². The van der Waals surface area contributed by atoms with Crippen LogP contribution in [0.25, 0.3) is 5.82 Å². The van der Waals surface area contributed by atoms with Gasteiger partial charge in [-0.3, -0.25) is 4.79 Å². The highest BCUT2D eigenvalue weighted by atomic mass is 32.2. The molecule has 4 heterocycles. The molecule has 4 N–H and O–H groups in total. The molecule has 0 radical (unpaired) electrons. The van der Waals surface area contributed by atoms with Gasteiger partial charge in [-0.1, -0.05) is 6.07 Å². The van der Waals surface area contributed by atoms with Gasteiger partial charge in [0.15, 0.2) is 5.82 Å². The van der Waals surface area contributed by atoms with E-state index < -0.39 is 28.1 Å². The monoisotopic (exact) mass is 634 g/mol. The van der Waals surface area contributed by atoms with Crippen LogP contribution >= 0.6 is 0 Å². The first-order chi connectivity index (χ1) is 20.8. The van der Waals surface area contributed by atoms with Crippen LogP contribution < -0.4 is 20.7 Å². The molecule has 1 amide bonds. The third-order valence-electron chi connectivity index (χ3n) is 8.46. The first-order valence-corrected chi connectivity index (χ1v) is 15.8. The van der Waals surface area contributed by atoms with Crippen LogP contribution in [-0.2, 0) is 10.6 Å². The summed E-state index contributed by atoms with van der Waals surface area (Å²) in [7, 11) is -2.25. The fourth-order valence-corrected chi connectivity index (χ4v) is 6.27. The molecule has 2 aliphatic rings. The quantitative estimate of drug-likeness (QED) is 0.152. The molecular formula is C29H37F3N8O3S. The van der Waals surface area contributed by atoms with Crippen LogP contribution in [0.2, 0.25) is 0 Å². The number of nitrogens with two attached hydrogens (primary N) is 1. The molecule has 3 aromatic rings. The molecule has 11 nitrogen and oxygen atoms in total. The number of rotatable bonds is 13. The summed E-state index contributed by atoms with van der Waals surface area (Å²) in [5.74, 6) is 1.35. The van der Waals surface area contributed by atoms with Gasteiger partial charge in [0, 0.05) is 30.9 Å². The van der Waals surface area contributed by atoms with Crippen molar-refractivity contribution in [1.29, 1.82) is 4.78 Å². The SMILES string of the molecule is CC1(C)CC(CCCNc2cccc([SH](=N)=O)n2)CN1c1nc(-n2ccc(OCCC3(C(F)(F)F)CC3)n2)ccc1C(N)=O. The predicted molar refractivity (Wildman–Crippen MR) is 160 cm³/mol. The Morgan fingerprint density at radius 3 is 2.66 bits per heavy atom. The summed E-state index contributed by atoms with van der Waals surface area (Å²) in [6.07, 6.45) is 0.142. The van der Waals surface area contributed by atoms with Crippen molar-refractivity contribution in [1.82, 2.24) is 19.7 Å². The third kappa shape index (κ3) is 6.92. The molecule has 2 atom stereocenters. The number of aromatic nitrogens is 4. The lowest BCUT2D eigenvalue weighted by Crippen LogP contribution is -2.40. The lowest BCUT2D eigenvalue weighted by Gasteiger charge is -2.33. The third-order valence-corrected chi connectivity index (χ3v) is 9.13. The lowest BCUT2D eigenvalue weighted by atomic mass is 9.93. The summed E-state index contributed by atoms with van der Waals surface area (Å²) in [5.41, 5.74) is 4.06. The number of nitrogens with one attached hydrogen (secondary N) is 2. The molecule has 1 saturated heterocycles. The topological polar surface area (TPSA) is 152 Å². The molecule has 1 aliphatic heterocycles. The van der Waals surface area contributed by atoms with E-state index in [9.17, 15) is 22.2 Å². The molecule has 2 unspecified atom stereocenters. The van der Waals surface area contributed by atoms with E-state index in [-0.39, 0.29) is 47.9 Å². The number of carbonyl (C=O) groups excluding carboxylic acids is 1. The highest BCUT2D eigenvalue weighted by Crippen LogP contribution is 2.59. The van der Waals surface area contributed by atoms with E-state index in [0.29, 0.717) is 36.5 Å². The van der Waals surface area contributed by atoms with E-state index in [0.717, 1.165) is 19.3 Å². The number of pyridine rings is 2. The lowest BCUT2D eigenvalue weighted by molar-refractivity contribution is -0.190. The molecule has 15 heteroatoms. The summed E-state index contributed by atoms with van der Waals surface area (Å²) in [6, 6.07) is 9.87. The van der Waals surface area contributed by atoms with Crippen molar-refractivity contribution >= 4 is 28.1 Å². The van der Waals surface area contributed by atoms with Gasteiger partial charge in [-0.15, -0.1) is 5.10 Å². The zero-order chi connectivity index (χ0) is 31.7. The number of halogens is 3. The van der Waals surface area contributed by atoms with Crippen molar-refractivity contribution in [2.75, 3.05) is 29.9 Å². The maximum Gasteiger partial charge on any atom is 0.394 e. The Morgan fingerprint density at radius 2 is 1.98 bits per heavy atom. The van der Waals surface area contributed by atoms with Crippen LogP contribution in [0.4, 0.5) is 24.8 Å². The van der Waals surface area contributed by atoms with Gasteiger partial charge >= 0.3 is 6.18 Å². The second-order valence-electron chi connectivity index (χ2n) is 12.1. The Hall–Kier alpha value is -3.88. The fraction of sp³-hybridized carbons (Fsp3) is 0.517. The number of carbonyl (C=O) groups is 1. The van der Waals surface area contributed by atoms with Gasteiger partial charge in [0.05, 0.1) is 28.2 Å². The number of nitrogens with zero attached hydrogens (tertiary/aromatic N) is 5. The summed E-state index contributed by atoms with van der Waals surface area (Å²) in [5, 5.41) is 7.81. The van der Waals surface area contributed by atoms with E-state index in [4.69, 9.17) is 20.2 Å². The molecule has 0 bridgehead atoms. The number of amides is 1. The Bertz CT molecular complexity index is 1580. The van der Waals surface area contributed by atoms with Gasteiger partial charge in [-0.25, -0.2) is 23.6 Å². The van der Waals surface area contributed by atoms with Gasteiger partial charge < -0.3 is 20.7 Å². The first kappa shape index (κ1) is 31.5. The van der Waals surface area contributed by atoms with Gasteiger partial charge in [0.25, 0.3) is 5.91 Å². The highest BCUT2D eigenvalue weighted by molar-refractivity contribution is 7.73. The van der Waals surface area contributed by atoms with E-state index in [1.54, 1.807) is 42.6 Å². The maximum absolute atomic E-state index is 13.2. The molecule has 0 spiro atoms. The van der Waals surface area contributed by atoms with Crippen molar-refractivity contribution in [3.05, 3.63) is 48.2 Å². The number of alkyl halides is 3. The summed E-state index contributed by atoms with van der Waals surface area (Å²) < 4.78 is 65.4. The van der Waals surface area contributed by atoms with Gasteiger partial charge in [0.1, 0.15) is 16.7 Å². The Kier molecular flexibility index (Phi) is 8.78. The van der Waals surface area contributed by atoms with Crippen LogP contribution in [0.15, 0.2) is 47.6 Å². The summed E-state index contributed by atoms with van der Waals surface area (Å²) >= 11 is 0. The zero-order valence-corrected chi connectivity index (χ0v) is 25.5. The molecule has 5 rings (SSSR count). The number of hydrogen-bond donors (Lipinski definition) is 4. The molecular weight excluding hydrogens is 597 g/mol. The van der Waals surface area contributed by atoms with Crippen molar-refractivity contribution in [2.45, 2.75) is 69.1 Å². The molecule has 0 aromatic carbocycles. The van der Waals surface area contributed by atoms with Crippen molar-refractivity contribution in [2.24, 2.45) is 17.1 Å². The van der Waals surface area contributed by atoms with E-state index >= 15 is 0 Å². The van der Waals surface area contributed by atoms with E-state index in [2.05, 4.69) is 34.1 Å². The minimum absolute atomic E-state index is 0.0932. The van der Waals surface area contributed by atoms with Crippen molar-refractivity contribution in [3.63, 3.8) is 0 Å². The summed E-state index contributed by atoms with van der Waals surface area (Å²) in [6.45, 7) is 5.41. The standard InChI is InChI=1S/C29H37F3N8O3S/c1-27(2)17-19(5-4-14-35-21-6-3-7-24(36-21)44(34)42)18-39(27)26-20(25(33)41)8-9-22(37-26)40-15-10-23(38-40)43-16-13-28(11-12-28)29(30,31)32/h3,6-10,15,19,34,44H,4-5,11-14,16-18H2,1-2H3,(H2,33,41)(H,35,36). The average molecular weight is 635 g/mol. The van der Waals surface area contributed by atoms with E-state index in [1.165, 1.54) is 4.68 Å². The van der Waals surface area contributed by atoms with Crippen LogP contribution in [0.3, 0.4) is 0 Å². The number of primary amides is 1. The number of hydrogen-bond acceptors (Lipinski definition) is 9. The zero-order valence-electron chi connectivity index (χ0n) is 24.6. The fourth-order valence-electron chi connectivity index (χ4n) is 5.85. The predicted octanol–water partition coefficient (Wildman–Crippen LogP) is 4.97.